The van der Waals surface area contributed by atoms with Crippen LogP contribution in [0.2, 0.25) is 5.02 Å². The number of ketones is 1. The third-order valence-corrected chi connectivity index (χ3v) is 5.33. The lowest BCUT2D eigenvalue weighted by molar-refractivity contribution is -0.384. The minimum atomic E-state index is -0.944. The van der Waals surface area contributed by atoms with Gasteiger partial charge in [0.05, 0.1) is 27.3 Å². The largest absolute Gasteiger partial charge is 0.454 e. The van der Waals surface area contributed by atoms with Crippen molar-refractivity contribution in [2.24, 2.45) is 0 Å². The third-order valence-electron chi connectivity index (χ3n) is 5.01. The van der Waals surface area contributed by atoms with Crippen molar-refractivity contribution in [2.45, 2.75) is 0 Å². The van der Waals surface area contributed by atoms with Gasteiger partial charge in [0.25, 0.3) is 17.5 Å². The van der Waals surface area contributed by atoms with E-state index in [1.165, 1.54) is 42.5 Å². The summed E-state index contributed by atoms with van der Waals surface area (Å²) >= 11 is 5.72. The van der Waals surface area contributed by atoms with Gasteiger partial charge in [0, 0.05) is 11.6 Å². The first-order valence-electron chi connectivity index (χ1n) is 9.60. The summed E-state index contributed by atoms with van der Waals surface area (Å²) in [6, 6.07) is 11.9. The fourth-order valence-electron chi connectivity index (χ4n) is 3.32. The fraction of sp³-hybridized carbons (Fsp3) is 0.0435. The van der Waals surface area contributed by atoms with Crippen LogP contribution in [0.15, 0.2) is 60.7 Å². The minimum Gasteiger partial charge on any atom is -0.454 e. The van der Waals surface area contributed by atoms with E-state index in [2.05, 4.69) is 0 Å². The quantitative estimate of drug-likeness (QED) is 0.169. The Morgan fingerprint density at radius 3 is 2.26 bits per heavy atom. The van der Waals surface area contributed by atoms with Gasteiger partial charge in [-0.1, -0.05) is 11.6 Å². The number of nitro groups is 1. The number of fused-ring (bicyclic) bond motifs is 1. The van der Waals surface area contributed by atoms with Crippen LogP contribution in [0.5, 0.6) is 0 Å². The van der Waals surface area contributed by atoms with E-state index < -0.39 is 46.6 Å². The zero-order chi connectivity index (χ0) is 24.6. The van der Waals surface area contributed by atoms with Gasteiger partial charge in [0.15, 0.2) is 6.61 Å². The van der Waals surface area contributed by atoms with E-state index in [4.69, 9.17) is 16.3 Å². The number of hydrogen-bond donors (Lipinski definition) is 0. The maximum absolute atomic E-state index is 13.2. The number of benzene rings is 3. The molecule has 0 bridgehead atoms. The number of nitrogens with zero attached hydrogens (tertiary/aromatic N) is 2. The van der Waals surface area contributed by atoms with E-state index in [0.717, 1.165) is 23.1 Å². The SMILES string of the molecule is O=C(COC(=O)c1ccc2c(c1)C(=O)N(c1ccc(F)cc1)C2=O)c1ccc(Cl)c([N+](=O)[O-])c1. The van der Waals surface area contributed by atoms with Gasteiger partial charge in [-0.15, -0.1) is 0 Å². The van der Waals surface area contributed by atoms with Gasteiger partial charge in [-0.3, -0.25) is 24.5 Å². The van der Waals surface area contributed by atoms with Crippen LogP contribution in [0.4, 0.5) is 15.8 Å². The summed E-state index contributed by atoms with van der Waals surface area (Å²) in [6.07, 6.45) is 0. The highest BCUT2D eigenvalue weighted by molar-refractivity contribution is 6.34. The van der Waals surface area contributed by atoms with E-state index >= 15 is 0 Å². The molecule has 2 amide bonds. The molecule has 3 aromatic carbocycles. The predicted molar refractivity (Wildman–Crippen MR) is 117 cm³/mol. The maximum atomic E-state index is 13.2. The van der Waals surface area contributed by atoms with Crippen LogP contribution in [0, 0.1) is 15.9 Å². The van der Waals surface area contributed by atoms with Gasteiger partial charge >= 0.3 is 5.97 Å². The molecule has 9 nitrogen and oxygen atoms in total. The average molecular weight is 483 g/mol. The Morgan fingerprint density at radius 1 is 0.941 bits per heavy atom. The summed E-state index contributed by atoms with van der Waals surface area (Å²) in [5, 5.41) is 10.8. The van der Waals surface area contributed by atoms with Crippen molar-refractivity contribution >= 4 is 46.5 Å². The highest BCUT2D eigenvalue weighted by Crippen LogP contribution is 2.29. The van der Waals surface area contributed by atoms with Crippen LogP contribution >= 0.6 is 11.6 Å². The second-order valence-electron chi connectivity index (χ2n) is 7.11. The Bertz CT molecular complexity index is 1390. The molecule has 0 unspecified atom stereocenters. The van der Waals surface area contributed by atoms with Crippen LogP contribution in [-0.2, 0) is 4.74 Å². The topological polar surface area (TPSA) is 124 Å². The van der Waals surface area contributed by atoms with Crippen molar-refractivity contribution < 1.29 is 33.2 Å². The van der Waals surface area contributed by atoms with E-state index in [-0.39, 0.29) is 33.0 Å². The van der Waals surface area contributed by atoms with Crippen molar-refractivity contribution in [2.75, 3.05) is 11.5 Å². The standard InChI is InChI=1S/C23H12ClFN2O7/c24-18-8-2-12(10-19(18)27(32)33)20(28)11-34-23(31)13-1-7-16-17(9-13)22(30)26(21(16)29)15-5-3-14(25)4-6-15/h1-10H,11H2. The van der Waals surface area contributed by atoms with Crippen molar-refractivity contribution in [3.05, 3.63) is 104 Å². The molecule has 0 saturated carbocycles. The van der Waals surface area contributed by atoms with Gasteiger partial charge in [0.2, 0.25) is 5.78 Å². The molecular weight excluding hydrogens is 471 g/mol. The first-order chi connectivity index (χ1) is 16.2. The lowest BCUT2D eigenvalue weighted by atomic mass is 10.1. The molecule has 0 N–H and O–H groups in total. The Labute approximate surface area is 195 Å². The van der Waals surface area contributed by atoms with Crippen LogP contribution in [0.25, 0.3) is 0 Å². The first kappa shape index (κ1) is 22.7. The second-order valence-corrected chi connectivity index (χ2v) is 7.51. The molecule has 1 aliphatic rings. The van der Waals surface area contributed by atoms with Gasteiger partial charge in [-0.05, 0) is 54.6 Å². The Balaban J connectivity index is 1.49. The number of hydrogen-bond acceptors (Lipinski definition) is 7. The van der Waals surface area contributed by atoms with Crippen LogP contribution in [-0.4, -0.2) is 35.1 Å². The zero-order valence-electron chi connectivity index (χ0n) is 17.0. The molecule has 0 saturated heterocycles. The summed E-state index contributed by atoms with van der Waals surface area (Å²) in [5.74, 6) is -3.52. The van der Waals surface area contributed by atoms with Gasteiger partial charge < -0.3 is 4.74 Å². The number of imide groups is 1. The summed E-state index contributed by atoms with van der Waals surface area (Å²) in [5.41, 5.74) is -0.464. The molecule has 1 heterocycles. The van der Waals surface area contributed by atoms with E-state index in [1.54, 1.807) is 0 Å². The molecule has 0 radical (unpaired) electrons. The van der Waals surface area contributed by atoms with Gasteiger partial charge in [-0.2, -0.15) is 0 Å². The van der Waals surface area contributed by atoms with Crippen molar-refractivity contribution in [1.82, 2.24) is 0 Å². The number of carbonyl (C=O) groups excluding carboxylic acids is 4. The number of anilines is 1. The molecule has 0 fully saturated rings. The summed E-state index contributed by atoms with van der Waals surface area (Å²) in [4.78, 5) is 61.2. The molecule has 170 valence electrons. The first-order valence-corrected chi connectivity index (χ1v) is 9.98. The molecule has 3 aromatic rings. The lowest BCUT2D eigenvalue weighted by Gasteiger charge is -2.13. The summed E-state index contributed by atoms with van der Waals surface area (Å²) < 4.78 is 18.2. The second kappa shape index (κ2) is 8.83. The van der Waals surface area contributed by atoms with Crippen molar-refractivity contribution in [3.8, 4) is 0 Å². The number of carbonyl (C=O) groups is 4. The lowest BCUT2D eigenvalue weighted by Crippen LogP contribution is -2.29. The molecule has 0 aliphatic carbocycles. The number of Topliss-reactive ketones (excluding diaryl/α,β-unsaturated/α-hetero) is 1. The Morgan fingerprint density at radius 2 is 1.59 bits per heavy atom. The Kier molecular flexibility index (Phi) is 5.91. The molecule has 1 aliphatic heterocycles. The van der Waals surface area contributed by atoms with E-state index in [0.29, 0.717) is 0 Å². The van der Waals surface area contributed by atoms with Gasteiger partial charge in [0.1, 0.15) is 10.8 Å². The number of halogens is 2. The van der Waals surface area contributed by atoms with E-state index in [9.17, 15) is 33.7 Å². The van der Waals surface area contributed by atoms with Crippen LogP contribution in [0.3, 0.4) is 0 Å². The number of amides is 2. The smallest absolute Gasteiger partial charge is 0.338 e. The van der Waals surface area contributed by atoms with Crippen molar-refractivity contribution in [3.63, 3.8) is 0 Å². The highest BCUT2D eigenvalue weighted by atomic mass is 35.5. The fourth-order valence-corrected chi connectivity index (χ4v) is 3.50. The Hall–Kier alpha value is -4.44. The maximum Gasteiger partial charge on any atom is 0.338 e. The van der Waals surface area contributed by atoms with E-state index in [1.807, 2.05) is 0 Å². The molecule has 0 atom stereocenters. The average Bonchev–Trinajstić information content (AvgIpc) is 3.07. The molecular formula is C23H12ClFN2O7. The number of rotatable bonds is 6. The van der Waals surface area contributed by atoms with Crippen LogP contribution < -0.4 is 4.90 Å². The van der Waals surface area contributed by atoms with Crippen LogP contribution in [0.1, 0.15) is 41.4 Å². The summed E-state index contributed by atoms with van der Waals surface area (Å²) in [6.45, 7) is -0.719. The third kappa shape index (κ3) is 4.14. The monoisotopic (exact) mass is 482 g/mol. The molecule has 4 rings (SSSR count). The van der Waals surface area contributed by atoms with Crippen molar-refractivity contribution in [1.29, 1.82) is 0 Å². The van der Waals surface area contributed by atoms with Gasteiger partial charge in [-0.25, -0.2) is 14.1 Å². The number of esters is 1. The zero-order valence-corrected chi connectivity index (χ0v) is 17.7. The normalized spacial score (nSPS) is 12.5. The number of nitro benzene ring substituents is 1. The molecule has 0 spiro atoms. The number of ether oxygens (including phenoxy) is 1. The minimum absolute atomic E-state index is 0.0513. The highest BCUT2D eigenvalue weighted by Gasteiger charge is 2.37. The molecule has 11 heteroatoms. The summed E-state index contributed by atoms with van der Waals surface area (Å²) in [7, 11) is 0. The molecule has 0 aromatic heterocycles. The molecule has 34 heavy (non-hydrogen) atoms. The predicted octanol–water partition coefficient (Wildman–Crippen LogP) is 4.23.